The van der Waals surface area contributed by atoms with E-state index < -0.39 is 17.8 Å². The summed E-state index contributed by atoms with van der Waals surface area (Å²) in [5.41, 5.74) is 0.944. The zero-order valence-corrected chi connectivity index (χ0v) is 11.5. The van der Waals surface area contributed by atoms with Gasteiger partial charge in [0.1, 0.15) is 6.33 Å². The van der Waals surface area contributed by atoms with Gasteiger partial charge in [-0.1, -0.05) is 0 Å². The molecule has 5 nitrogen and oxygen atoms in total. The molecule has 1 aliphatic heterocycles. The number of hydrogen-bond acceptors (Lipinski definition) is 5. The van der Waals surface area contributed by atoms with E-state index in [4.69, 9.17) is 0 Å². The first kappa shape index (κ1) is 13.0. The van der Waals surface area contributed by atoms with Crippen LogP contribution in [0.15, 0.2) is 17.8 Å². The van der Waals surface area contributed by atoms with Crippen LogP contribution in [-0.4, -0.2) is 27.6 Å². The Morgan fingerprint density at radius 2 is 2.35 bits per heavy atom. The van der Waals surface area contributed by atoms with Gasteiger partial charge in [0.15, 0.2) is 17.7 Å². The number of carboxylic acid groups (broad SMARTS) is 1. The molecule has 1 N–H and O–H groups in total. The van der Waals surface area contributed by atoms with Crippen molar-refractivity contribution < 1.29 is 14.3 Å². The van der Waals surface area contributed by atoms with Crippen LogP contribution in [0.5, 0.6) is 0 Å². The molecule has 0 aliphatic carbocycles. The maximum absolute atomic E-state index is 14.2. The maximum atomic E-state index is 14.2. The highest BCUT2D eigenvalue weighted by molar-refractivity contribution is 7.10. The van der Waals surface area contributed by atoms with Gasteiger partial charge in [0.2, 0.25) is 0 Å². The van der Waals surface area contributed by atoms with Gasteiger partial charge in [0.25, 0.3) is 0 Å². The van der Waals surface area contributed by atoms with Gasteiger partial charge in [-0.25, -0.2) is 19.2 Å². The molecule has 7 heteroatoms. The van der Waals surface area contributed by atoms with Crippen molar-refractivity contribution in [3.05, 3.63) is 39.7 Å². The summed E-state index contributed by atoms with van der Waals surface area (Å²) < 4.78 is 14.2. The van der Waals surface area contributed by atoms with Crippen LogP contribution in [0.1, 0.15) is 22.2 Å². The van der Waals surface area contributed by atoms with Gasteiger partial charge in [-0.2, -0.15) is 0 Å². The van der Waals surface area contributed by atoms with E-state index >= 15 is 0 Å². The second kappa shape index (κ2) is 4.82. The predicted molar refractivity (Wildman–Crippen MR) is 72.5 cm³/mol. The van der Waals surface area contributed by atoms with Crippen LogP contribution in [0.2, 0.25) is 0 Å². The van der Waals surface area contributed by atoms with E-state index in [0.717, 1.165) is 10.4 Å². The van der Waals surface area contributed by atoms with Crippen LogP contribution < -0.4 is 4.90 Å². The molecule has 20 heavy (non-hydrogen) atoms. The molecule has 2 aromatic rings. The number of carboxylic acids is 1. The zero-order valence-electron chi connectivity index (χ0n) is 10.7. The van der Waals surface area contributed by atoms with Gasteiger partial charge in [-0.05, 0) is 30.4 Å². The van der Waals surface area contributed by atoms with E-state index in [2.05, 4.69) is 9.97 Å². The number of aryl methyl sites for hydroxylation is 1. The van der Waals surface area contributed by atoms with Crippen molar-refractivity contribution in [2.45, 2.75) is 19.4 Å². The van der Waals surface area contributed by atoms with Crippen LogP contribution >= 0.6 is 11.3 Å². The number of fused-ring (bicyclic) bond motifs is 1. The van der Waals surface area contributed by atoms with Gasteiger partial charge in [-0.3, -0.25) is 0 Å². The lowest BCUT2D eigenvalue weighted by atomic mass is 10.00. The highest BCUT2D eigenvalue weighted by atomic mass is 32.1. The number of hydrogen-bond donors (Lipinski definition) is 1. The summed E-state index contributed by atoms with van der Waals surface area (Å²) in [6, 6.07) is 0.894. The van der Waals surface area contributed by atoms with Crippen molar-refractivity contribution >= 4 is 23.1 Å². The van der Waals surface area contributed by atoms with Crippen LogP contribution in [-0.2, 0) is 11.2 Å². The highest BCUT2D eigenvalue weighted by Crippen LogP contribution is 2.36. The maximum Gasteiger partial charge on any atom is 0.331 e. The van der Waals surface area contributed by atoms with Crippen LogP contribution in [0, 0.1) is 12.7 Å². The van der Waals surface area contributed by atoms with Crippen molar-refractivity contribution in [1.82, 2.24) is 9.97 Å². The quantitative estimate of drug-likeness (QED) is 0.919. The second-order valence-corrected chi connectivity index (χ2v) is 5.58. The lowest BCUT2D eigenvalue weighted by Gasteiger charge is -2.34. The fraction of sp³-hybridized carbons (Fsp3) is 0.308. The van der Waals surface area contributed by atoms with Crippen molar-refractivity contribution in [3.8, 4) is 0 Å². The summed E-state index contributed by atoms with van der Waals surface area (Å²) >= 11 is 1.53. The number of carbonyl (C=O) groups is 1. The summed E-state index contributed by atoms with van der Waals surface area (Å²) in [5.74, 6) is -1.50. The van der Waals surface area contributed by atoms with Crippen molar-refractivity contribution in [3.63, 3.8) is 0 Å². The average molecular weight is 293 g/mol. The van der Waals surface area contributed by atoms with E-state index in [1.54, 1.807) is 6.07 Å². The Kier molecular flexibility index (Phi) is 3.13. The number of anilines is 1. The highest BCUT2D eigenvalue weighted by Gasteiger charge is 2.36. The molecular formula is C13H12FN3O2S. The van der Waals surface area contributed by atoms with Gasteiger partial charge in [0, 0.05) is 11.4 Å². The Morgan fingerprint density at radius 3 is 3.10 bits per heavy atom. The van der Waals surface area contributed by atoms with Gasteiger partial charge >= 0.3 is 5.97 Å². The fourth-order valence-corrected chi connectivity index (χ4v) is 3.36. The number of thiophene rings is 1. The number of aliphatic carboxylic acids is 1. The fourth-order valence-electron chi connectivity index (χ4n) is 2.46. The summed E-state index contributed by atoms with van der Waals surface area (Å²) in [7, 11) is 0. The van der Waals surface area contributed by atoms with Crippen LogP contribution in [0.25, 0.3) is 0 Å². The van der Waals surface area contributed by atoms with Gasteiger partial charge < -0.3 is 10.0 Å². The molecule has 0 aromatic carbocycles. The first-order valence-electron chi connectivity index (χ1n) is 6.12. The van der Waals surface area contributed by atoms with Crippen LogP contribution in [0.4, 0.5) is 10.2 Å². The van der Waals surface area contributed by atoms with Gasteiger partial charge in [-0.15, -0.1) is 11.3 Å². The van der Waals surface area contributed by atoms with E-state index in [9.17, 15) is 14.3 Å². The summed E-state index contributed by atoms with van der Waals surface area (Å²) in [4.78, 5) is 21.8. The number of rotatable bonds is 2. The first-order valence-corrected chi connectivity index (χ1v) is 7.00. The van der Waals surface area contributed by atoms with Crippen molar-refractivity contribution in [2.24, 2.45) is 0 Å². The molecule has 0 fully saturated rings. The molecule has 3 rings (SSSR count). The summed E-state index contributed by atoms with van der Waals surface area (Å²) in [6.45, 7) is 1.97. The third kappa shape index (κ3) is 1.94. The molecule has 2 aromatic heterocycles. The molecule has 0 spiro atoms. The molecule has 0 radical (unpaired) electrons. The SMILES string of the molecule is Cc1ncnc(N2CCc3sccc3C2C(=O)O)c1F. The first-order chi connectivity index (χ1) is 9.59. The third-order valence-corrected chi connectivity index (χ3v) is 4.41. The van der Waals surface area contributed by atoms with Crippen molar-refractivity contribution in [1.29, 1.82) is 0 Å². The smallest absolute Gasteiger partial charge is 0.331 e. The lowest BCUT2D eigenvalue weighted by molar-refractivity contribution is -0.138. The van der Waals surface area contributed by atoms with E-state index in [1.807, 2.05) is 5.38 Å². The topological polar surface area (TPSA) is 66.3 Å². The minimum absolute atomic E-state index is 0.0572. The largest absolute Gasteiger partial charge is 0.479 e. The summed E-state index contributed by atoms with van der Waals surface area (Å²) in [6.07, 6.45) is 1.95. The third-order valence-electron chi connectivity index (χ3n) is 3.42. The minimum Gasteiger partial charge on any atom is -0.479 e. The molecule has 0 bridgehead atoms. The number of aromatic nitrogens is 2. The lowest BCUT2D eigenvalue weighted by Crippen LogP contribution is -2.40. The van der Waals surface area contributed by atoms with Gasteiger partial charge in [0.05, 0.1) is 5.69 Å². The molecule has 0 amide bonds. The number of halogens is 1. The number of nitrogens with zero attached hydrogens (tertiary/aromatic N) is 3. The molecule has 0 saturated carbocycles. The van der Waals surface area contributed by atoms with E-state index in [0.29, 0.717) is 13.0 Å². The Bertz CT molecular complexity index is 673. The Balaban J connectivity index is 2.10. The Morgan fingerprint density at radius 1 is 1.55 bits per heavy atom. The molecular weight excluding hydrogens is 281 g/mol. The molecule has 1 atom stereocenters. The van der Waals surface area contributed by atoms with Crippen molar-refractivity contribution in [2.75, 3.05) is 11.4 Å². The molecule has 104 valence electrons. The molecule has 0 saturated heterocycles. The average Bonchev–Trinajstić information content (AvgIpc) is 2.88. The molecule has 1 unspecified atom stereocenters. The monoisotopic (exact) mass is 293 g/mol. The standard InChI is InChI=1S/C13H12FN3O2S/c1-7-10(14)12(16-6-15-7)17-4-2-9-8(3-5-20-9)11(17)13(18)19/h3,5-6,11H,2,4H2,1H3,(H,18,19). The van der Waals surface area contributed by atoms with E-state index in [-0.39, 0.29) is 11.5 Å². The molecule has 3 heterocycles. The second-order valence-electron chi connectivity index (χ2n) is 4.58. The summed E-state index contributed by atoms with van der Waals surface area (Å²) in [5, 5.41) is 11.4. The minimum atomic E-state index is -1.000. The molecule has 1 aliphatic rings. The zero-order chi connectivity index (χ0) is 14.3. The van der Waals surface area contributed by atoms with E-state index in [1.165, 1.54) is 29.5 Å². The van der Waals surface area contributed by atoms with Crippen LogP contribution in [0.3, 0.4) is 0 Å². The Hall–Kier alpha value is -2.02. The normalized spacial score (nSPS) is 17.9. The Labute approximate surface area is 118 Å². The predicted octanol–water partition coefficient (Wildman–Crippen LogP) is 2.17.